The summed E-state index contributed by atoms with van der Waals surface area (Å²) in [5.74, 6) is 2.39. The summed E-state index contributed by atoms with van der Waals surface area (Å²) in [6.45, 7) is 1.93. The van der Waals surface area contributed by atoms with E-state index < -0.39 is 0 Å². The van der Waals surface area contributed by atoms with Gasteiger partial charge in [-0.15, -0.1) is 11.8 Å². The predicted molar refractivity (Wildman–Crippen MR) is 140 cm³/mol. The Bertz CT molecular complexity index is 1270. The minimum atomic E-state index is -0.00643. The van der Waals surface area contributed by atoms with Crippen molar-refractivity contribution in [2.75, 3.05) is 18.2 Å². The summed E-state index contributed by atoms with van der Waals surface area (Å²) in [6.07, 6.45) is 6.05. The number of benzene rings is 2. The molecule has 4 aromatic rings. The van der Waals surface area contributed by atoms with Gasteiger partial charge in [-0.25, -0.2) is 4.98 Å². The van der Waals surface area contributed by atoms with E-state index in [2.05, 4.69) is 22.5 Å². The SMILES string of the molecule is COc1ccc(SCCCC(=O)Nc2cc(C)nn2-c2nc3cc4c(cc3s2)CCCC4)cc1. The number of anilines is 1. The second-order valence-corrected chi connectivity index (χ2v) is 10.7. The second kappa shape index (κ2) is 10.2. The van der Waals surface area contributed by atoms with Crippen molar-refractivity contribution < 1.29 is 9.53 Å². The average Bonchev–Trinajstić information content (AvgIpc) is 3.42. The zero-order valence-corrected chi connectivity index (χ0v) is 21.1. The van der Waals surface area contributed by atoms with Gasteiger partial charge < -0.3 is 10.1 Å². The van der Waals surface area contributed by atoms with Crippen LogP contribution in [-0.2, 0) is 17.6 Å². The van der Waals surface area contributed by atoms with Crippen molar-refractivity contribution in [2.45, 2.75) is 50.3 Å². The molecular formula is C26H28N4O2S2. The highest BCUT2D eigenvalue weighted by atomic mass is 32.2. The van der Waals surface area contributed by atoms with E-state index in [1.807, 2.05) is 37.3 Å². The number of methoxy groups -OCH3 is 1. The minimum Gasteiger partial charge on any atom is -0.497 e. The normalized spacial score (nSPS) is 13.1. The summed E-state index contributed by atoms with van der Waals surface area (Å²) < 4.78 is 8.14. The van der Waals surface area contributed by atoms with Crippen molar-refractivity contribution in [1.29, 1.82) is 0 Å². The zero-order valence-electron chi connectivity index (χ0n) is 19.5. The minimum absolute atomic E-state index is 0.00643. The summed E-state index contributed by atoms with van der Waals surface area (Å²) in [4.78, 5) is 18.7. The highest BCUT2D eigenvalue weighted by Crippen LogP contribution is 2.32. The van der Waals surface area contributed by atoms with Gasteiger partial charge in [-0.3, -0.25) is 4.79 Å². The maximum Gasteiger partial charge on any atom is 0.225 e. The first-order chi connectivity index (χ1) is 16.6. The molecule has 0 spiro atoms. The molecule has 1 aliphatic carbocycles. The highest BCUT2D eigenvalue weighted by Gasteiger charge is 2.17. The maximum absolute atomic E-state index is 12.7. The lowest BCUT2D eigenvalue weighted by atomic mass is 9.92. The molecule has 1 aliphatic rings. The predicted octanol–water partition coefficient (Wildman–Crippen LogP) is 6.19. The molecule has 0 saturated heterocycles. The van der Waals surface area contributed by atoms with E-state index in [-0.39, 0.29) is 5.91 Å². The summed E-state index contributed by atoms with van der Waals surface area (Å²) in [7, 11) is 1.66. The Morgan fingerprint density at radius 2 is 1.91 bits per heavy atom. The highest BCUT2D eigenvalue weighted by molar-refractivity contribution is 7.99. The standard InChI is InChI=1S/C26H28N4O2S2/c1-17-14-24(28-25(31)8-5-13-33-21-11-9-20(32-2)10-12-21)30(29-17)26-27-22-15-18-6-3-4-7-19(18)16-23(22)34-26/h9-12,14-16H,3-8,13H2,1-2H3,(H,28,31). The van der Waals surface area contributed by atoms with Gasteiger partial charge in [-0.05, 0) is 92.3 Å². The Hall–Kier alpha value is -2.84. The lowest BCUT2D eigenvalue weighted by molar-refractivity contribution is -0.116. The number of thiazole rings is 1. The van der Waals surface area contributed by atoms with E-state index in [0.29, 0.717) is 12.2 Å². The number of nitrogens with one attached hydrogen (secondary N) is 1. The van der Waals surface area contributed by atoms with Crippen LogP contribution in [0.1, 0.15) is 42.5 Å². The van der Waals surface area contributed by atoms with E-state index in [9.17, 15) is 4.79 Å². The monoisotopic (exact) mass is 492 g/mol. The number of hydrogen-bond acceptors (Lipinski definition) is 6. The van der Waals surface area contributed by atoms with E-state index in [1.165, 1.54) is 33.6 Å². The van der Waals surface area contributed by atoms with Crippen LogP contribution in [0.3, 0.4) is 0 Å². The fourth-order valence-electron chi connectivity index (χ4n) is 4.27. The van der Waals surface area contributed by atoms with E-state index in [1.54, 1.807) is 34.9 Å². The van der Waals surface area contributed by atoms with Gasteiger partial charge in [-0.1, -0.05) is 11.3 Å². The van der Waals surface area contributed by atoms with E-state index in [4.69, 9.17) is 9.72 Å². The number of hydrogen-bond donors (Lipinski definition) is 1. The third-order valence-corrected chi connectivity index (χ3v) is 8.09. The van der Waals surface area contributed by atoms with Crippen molar-refractivity contribution in [1.82, 2.24) is 14.8 Å². The fourth-order valence-corrected chi connectivity index (χ4v) is 6.10. The number of amides is 1. The van der Waals surface area contributed by atoms with Gasteiger partial charge >= 0.3 is 0 Å². The molecule has 2 aromatic carbocycles. The van der Waals surface area contributed by atoms with E-state index in [0.717, 1.165) is 47.1 Å². The van der Waals surface area contributed by atoms with Crippen LogP contribution < -0.4 is 10.1 Å². The molecule has 0 aliphatic heterocycles. The molecule has 1 amide bonds. The molecular weight excluding hydrogens is 464 g/mol. The van der Waals surface area contributed by atoms with Crippen LogP contribution in [-0.4, -0.2) is 33.5 Å². The number of nitrogens with zero attached hydrogens (tertiary/aromatic N) is 3. The van der Waals surface area contributed by atoms with Gasteiger partial charge in [0.15, 0.2) is 0 Å². The van der Waals surface area contributed by atoms with Gasteiger partial charge in [0.25, 0.3) is 0 Å². The fraction of sp³-hybridized carbons (Fsp3) is 0.346. The van der Waals surface area contributed by atoms with Crippen LogP contribution in [0.15, 0.2) is 47.4 Å². The van der Waals surface area contributed by atoms with E-state index >= 15 is 0 Å². The molecule has 0 bridgehead atoms. The molecule has 0 atom stereocenters. The van der Waals surface area contributed by atoms with Gasteiger partial charge in [0.05, 0.1) is 23.0 Å². The number of rotatable bonds is 8. The number of carbonyl (C=O) groups excluding carboxylic acids is 1. The first-order valence-electron chi connectivity index (χ1n) is 11.6. The third kappa shape index (κ3) is 5.13. The Morgan fingerprint density at radius 1 is 1.15 bits per heavy atom. The molecule has 176 valence electrons. The summed E-state index contributed by atoms with van der Waals surface area (Å²) in [6, 6.07) is 14.4. The summed E-state index contributed by atoms with van der Waals surface area (Å²) in [5.41, 5.74) is 4.74. The molecule has 34 heavy (non-hydrogen) atoms. The zero-order chi connectivity index (χ0) is 23.5. The van der Waals surface area contributed by atoms with Crippen LogP contribution in [0.2, 0.25) is 0 Å². The van der Waals surface area contributed by atoms with Gasteiger partial charge in [0.2, 0.25) is 11.0 Å². The molecule has 0 unspecified atom stereocenters. The summed E-state index contributed by atoms with van der Waals surface area (Å²) in [5, 5.41) is 8.45. The lowest BCUT2D eigenvalue weighted by Crippen LogP contribution is -2.14. The molecule has 0 fully saturated rings. The Kier molecular flexibility index (Phi) is 6.87. The molecule has 0 saturated carbocycles. The van der Waals surface area contributed by atoms with Crippen molar-refractivity contribution in [2.24, 2.45) is 0 Å². The van der Waals surface area contributed by atoms with Crippen LogP contribution in [0.25, 0.3) is 15.3 Å². The molecule has 5 rings (SSSR count). The second-order valence-electron chi connectivity index (χ2n) is 8.55. The van der Waals surface area contributed by atoms with Crippen LogP contribution >= 0.6 is 23.1 Å². The number of thioether (sulfide) groups is 1. The van der Waals surface area contributed by atoms with Crippen LogP contribution in [0.5, 0.6) is 5.75 Å². The molecule has 8 heteroatoms. The number of ether oxygens (including phenoxy) is 1. The van der Waals surface area contributed by atoms with Crippen LogP contribution in [0, 0.1) is 6.92 Å². The number of aromatic nitrogens is 3. The Morgan fingerprint density at radius 3 is 2.68 bits per heavy atom. The number of carbonyl (C=O) groups is 1. The van der Waals surface area contributed by atoms with Crippen LogP contribution in [0.4, 0.5) is 5.82 Å². The lowest BCUT2D eigenvalue weighted by Gasteiger charge is -2.14. The summed E-state index contributed by atoms with van der Waals surface area (Å²) >= 11 is 3.37. The average molecular weight is 493 g/mol. The topological polar surface area (TPSA) is 69.0 Å². The van der Waals surface area contributed by atoms with Crippen molar-refractivity contribution in [3.8, 4) is 10.9 Å². The first-order valence-corrected chi connectivity index (χ1v) is 13.5. The quantitative estimate of drug-likeness (QED) is 0.235. The molecule has 2 aromatic heterocycles. The smallest absolute Gasteiger partial charge is 0.225 e. The molecule has 1 N–H and O–H groups in total. The Labute approximate surface area is 207 Å². The maximum atomic E-state index is 12.7. The van der Waals surface area contributed by atoms with Crippen molar-refractivity contribution >= 4 is 45.0 Å². The third-order valence-electron chi connectivity index (χ3n) is 6.00. The Balaban J connectivity index is 1.22. The molecule has 2 heterocycles. The van der Waals surface area contributed by atoms with Crippen molar-refractivity contribution in [3.63, 3.8) is 0 Å². The van der Waals surface area contributed by atoms with Gasteiger partial charge in [0, 0.05) is 17.4 Å². The van der Waals surface area contributed by atoms with Gasteiger partial charge in [-0.2, -0.15) is 9.78 Å². The van der Waals surface area contributed by atoms with Crippen molar-refractivity contribution in [3.05, 3.63) is 59.3 Å². The van der Waals surface area contributed by atoms with Gasteiger partial charge in [0.1, 0.15) is 11.6 Å². The molecule has 0 radical (unpaired) electrons. The largest absolute Gasteiger partial charge is 0.497 e. The first kappa shape index (κ1) is 22.9. The number of aryl methyl sites for hydroxylation is 3. The number of fused-ring (bicyclic) bond motifs is 2. The molecule has 6 nitrogen and oxygen atoms in total.